The van der Waals surface area contributed by atoms with Crippen LogP contribution in [0.4, 0.5) is 0 Å². The quantitative estimate of drug-likeness (QED) is 0.898. The second-order valence-corrected chi connectivity index (χ2v) is 4.10. The molecular formula is C13H14N2O3. The highest BCUT2D eigenvalue weighted by Crippen LogP contribution is 2.26. The molecule has 0 bridgehead atoms. The number of methoxy groups -OCH3 is 1. The highest BCUT2D eigenvalue weighted by Gasteiger charge is 2.19. The van der Waals surface area contributed by atoms with E-state index in [9.17, 15) is 4.79 Å². The first-order chi connectivity index (χ1) is 8.52. The van der Waals surface area contributed by atoms with Crippen LogP contribution in [-0.4, -0.2) is 28.2 Å². The number of carboxylic acids is 1. The zero-order valence-electron chi connectivity index (χ0n) is 10.5. The summed E-state index contributed by atoms with van der Waals surface area (Å²) in [6.07, 6.45) is 0. The van der Waals surface area contributed by atoms with Gasteiger partial charge in [-0.05, 0) is 26.0 Å². The molecule has 0 aliphatic heterocycles. The summed E-state index contributed by atoms with van der Waals surface area (Å²) in [5.74, 6) is -0.318. The summed E-state index contributed by atoms with van der Waals surface area (Å²) in [5, 5.41) is 9.85. The van der Waals surface area contributed by atoms with Gasteiger partial charge in [-0.2, -0.15) is 0 Å². The standard InChI is InChI=1S/C13H14N2O3/c1-7(13(16)17)12-10-5-4-9(18-3)6-11(10)14-8(2)15-12/h4-7H,1-3H3,(H,16,17). The van der Waals surface area contributed by atoms with Crippen LogP contribution in [0.5, 0.6) is 5.75 Å². The van der Waals surface area contributed by atoms with E-state index in [1.54, 1.807) is 39.2 Å². The van der Waals surface area contributed by atoms with Crippen LogP contribution in [-0.2, 0) is 4.79 Å². The van der Waals surface area contributed by atoms with E-state index in [4.69, 9.17) is 9.84 Å². The third kappa shape index (κ3) is 2.11. The lowest BCUT2D eigenvalue weighted by molar-refractivity contribution is -0.138. The first-order valence-corrected chi connectivity index (χ1v) is 5.58. The number of carboxylic acid groups (broad SMARTS) is 1. The van der Waals surface area contributed by atoms with Crippen LogP contribution in [0.15, 0.2) is 18.2 Å². The van der Waals surface area contributed by atoms with Gasteiger partial charge in [-0.15, -0.1) is 0 Å². The second-order valence-electron chi connectivity index (χ2n) is 4.10. The average Bonchev–Trinajstić information content (AvgIpc) is 2.35. The van der Waals surface area contributed by atoms with Crippen molar-refractivity contribution in [3.05, 3.63) is 29.7 Å². The predicted octanol–water partition coefficient (Wildman–Crippen LogP) is 2.13. The molecule has 0 aliphatic rings. The van der Waals surface area contributed by atoms with Crippen LogP contribution >= 0.6 is 0 Å². The van der Waals surface area contributed by atoms with Crippen LogP contribution in [0.25, 0.3) is 10.9 Å². The number of rotatable bonds is 3. The molecule has 1 aromatic heterocycles. The van der Waals surface area contributed by atoms with E-state index in [0.29, 0.717) is 22.8 Å². The summed E-state index contributed by atoms with van der Waals surface area (Å²) < 4.78 is 5.13. The molecule has 1 atom stereocenters. The monoisotopic (exact) mass is 246 g/mol. The fourth-order valence-corrected chi connectivity index (χ4v) is 1.83. The smallest absolute Gasteiger partial charge is 0.312 e. The number of ether oxygens (including phenoxy) is 1. The van der Waals surface area contributed by atoms with Gasteiger partial charge in [-0.3, -0.25) is 4.79 Å². The Morgan fingerprint density at radius 1 is 1.39 bits per heavy atom. The molecule has 0 saturated heterocycles. The first kappa shape index (κ1) is 12.3. The second kappa shape index (κ2) is 4.60. The molecule has 94 valence electrons. The van der Waals surface area contributed by atoms with Gasteiger partial charge in [0.1, 0.15) is 11.6 Å². The molecule has 0 amide bonds. The summed E-state index contributed by atoms with van der Waals surface area (Å²) in [7, 11) is 1.58. The lowest BCUT2D eigenvalue weighted by Crippen LogP contribution is -2.11. The fourth-order valence-electron chi connectivity index (χ4n) is 1.83. The molecule has 0 saturated carbocycles. The molecule has 2 aromatic rings. The van der Waals surface area contributed by atoms with E-state index in [2.05, 4.69) is 9.97 Å². The minimum Gasteiger partial charge on any atom is -0.497 e. The van der Waals surface area contributed by atoms with Crippen molar-refractivity contribution in [2.24, 2.45) is 0 Å². The number of benzene rings is 1. The van der Waals surface area contributed by atoms with Gasteiger partial charge in [0, 0.05) is 11.5 Å². The number of hydrogen-bond donors (Lipinski definition) is 1. The van der Waals surface area contributed by atoms with Crippen LogP contribution in [0.1, 0.15) is 24.4 Å². The van der Waals surface area contributed by atoms with Crippen molar-refractivity contribution < 1.29 is 14.6 Å². The van der Waals surface area contributed by atoms with Crippen LogP contribution in [0, 0.1) is 6.92 Å². The van der Waals surface area contributed by atoms with Gasteiger partial charge < -0.3 is 9.84 Å². The summed E-state index contributed by atoms with van der Waals surface area (Å²) in [6.45, 7) is 3.37. The van der Waals surface area contributed by atoms with E-state index in [1.165, 1.54) is 0 Å². The minimum absolute atomic E-state index is 0.535. The Kier molecular flexibility index (Phi) is 3.14. The Morgan fingerprint density at radius 3 is 2.72 bits per heavy atom. The van der Waals surface area contributed by atoms with Crippen LogP contribution < -0.4 is 4.74 Å². The van der Waals surface area contributed by atoms with Gasteiger partial charge >= 0.3 is 5.97 Å². The average molecular weight is 246 g/mol. The lowest BCUT2D eigenvalue weighted by atomic mass is 10.0. The Balaban J connectivity index is 2.69. The van der Waals surface area contributed by atoms with Crippen molar-refractivity contribution in [3.8, 4) is 5.75 Å². The first-order valence-electron chi connectivity index (χ1n) is 5.58. The predicted molar refractivity (Wildman–Crippen MR) is 66.9 cm³/mol. The number of aromatic nitrogens is 2. The summed E-state index contributed by atoms with van der Waals surface area (Å²) in [4.78, 5) is 19.6. The van der Waals surface area contributed by atoms with E-state index in [-0.39, 0.29) is 0 Å². The highest BCUT2D eigenvalue weighted by molar-refractivity contribution is 5.87. The molecule has 0 fully saturated rings. The lowest BCUT2D eigenvalue weighted by Gasteiger charge is -2.11. The van der Waals surface area contributed by atoms with E-state index in [1.807, 2.05) is 0 Å². The molecule has 1 heterocycles. The SMILES string of the molecule is COc1ccc2c(C(C)C(=O)O)nc(C)nc2c1. The van der Waals surface area contributed by atoms with Crippen molar-refractivity contribution in [3.63, 3.8) is 0 Å². The highest BCUT2D eigenvalue weighted by atomic mass is 16.5. The van der Waals surface area contributed by atoms with Gasteiger partial charge in [0.25, 0.3) is 0 Å². The third-order valence-electron chi connectivity index (χ3n) is 2.83. The molecule has 1 N–H and O–H groups in total. The Morgan fingerprint density at radius 2 is 2.11 bits per heavy atom. The largest absolute Gasteiger partial charge is 0.497 e. The van der Waals surface area contributed by atoms with Gasteiger partial charge in [-0.1, -0.05) is 0 Å². The minimum atomic E-state index is -0.898. The number of carbonyl (C=O) groups is 1. The van der Waals surface area contributed by atoms with Gasteiger partial charge in [0.2, 0.25) is 0 Å². The van der Waals surface area contributed by atoms with Crippen molar-refractivity contribution in [2.45, 2.75) is 19.8 Å². The summed E-state index contributed by atoms with van der Waals surface area (Å²) in [6, 6.07) is 5.35. The number of fused-ring (bicyclic) bond motifs is 1. The number of nitrogens with zero attached hydrogens (tertiary/aromatic N) is 2. The number of hydrogen-bond acceptors (Lipinski definition) is 4. The summed E-state index contributed by atoms with van der Waals surface area (Å²) in [5.41, 5.74) is 1.23. The molecule has 5 heteroatoms. The van der Waals surface area contributed by atoms with Crippen molar-refractivity contribution in [1.82, 2.24) is 9.97 Å². The molecule has 1 unspecified atom stereocenters. The van der Waals surface area contributed by atoms with E-state index < -0.39 is 11.9 Å². The fraction of sp³-hybridized carbons (Fsp3) is 0.308. The molecule has 2 rings (SSSR count). The zero-order chi connectivity index (χ0) is 13.3. The van der Waals surface area contributed by atoms with Gasteiger partial charge in [0.15, 0.2) is 0 Å². The molecule has 18 heavy (non-hydrogen) atoms. The Labute approximate surface area is 104 Å². The topological polar surface area (TPSA) is 72.3 Å². The number of aliphatic carboxylic acids is 1. The maximum atomic E-state index is 11.1. The summed E-state index contributed by atoms with van der Waals surface area (Å²) >= 11 is 0. The van der Waals surface area contributed by atoms with Crippen molar-refractivity contribution >= 4 is 16.9 Å². The van der Waals surface area contributed by atoms with E-state index >= 15 is 0 Å². The number of aryl methyl sites for hydroxylation is 1. The third-order valence-corrected chi connectivity index (χ3v) is 2.83. The maximum Gasteiger partial charge on any atom is 0.312 e. The van der Waals surface area contributed by atoms with Crippen LogP contribution in [0.3, 0.4) is 0 Å². The maximum absolute atomic E-state index is 11.1. The van der Waals surface area contributed by atoms with Crippen molar-refractivity contribution in [1.29, 1.82) is 0 Å². The zero-order valence-corrected chi connectivity index (χ0v) is 10.5. The van der Waals surface area contributed by atoms with Gasteiger partial charge in [-0.25, -0.2) is 9.97 Å². The molecule has 0 spiro atoms. The van der Waals surface area contributed by atoms with Crippen molar-refractivity contribution in [2.75, 3.05) is 7.11 Å². The molecule has 0 radical (unpaired) electrons. The molecule has 5 nitrogen and oxygen atoms in total. The molecular weight excluding hydrogens is 232 g/mol. The molecule has 0 aliphatic carbocycles. The van der Waals surface area contributed by atoms with Gasteiger partial charge in [0.05, 0.1) is 24.2 Å². The normalized spacial score (nSPS) is 12.4. The molecule has 1 aromatic carbocycles. The Bertz CT molecular complexity index is 610. The van der Waals surface area contributed by atoms with Crippen LogP contribution in [0.2, 0.25) is 0 Å². The van der Waals surface area contributed by atoms with E-state index in [0.717, 1.165) is 5.39 Å². The Hall–Kier alpha value is -2.17.